The Kier molecular flexibility index (Phi) is 6.01. The van der Waals surface area contributed by atoms with Crippen molar-refractivity contribution in [3.8, 4) is 0 Å². The summed E-state index contributed by atoms with van der Waals surface area (Å²) in [4.78, 5) is 15.5. The first-order valence-corrected chi connectivity index (χ1v) is 8.24. The van der Waals surface area contributed by atoms with Crippen molar-refractivity contribution in [2.24, 2.45) is 5.73 Å². The summed E-state index contributed by atoms with van der Waals surface area (Å²) in [5, 5.41) is 2.04. The smallest absolute Gasteiger partial charge is 0.224 e. The van der Waals surface area contributed by atoms with Gasteiger partial charge in [0.1, 0.15) is 0 Å². The van der Waals surface area contributed by atoms with E-state index in [1.807, 2.05) is 23.3 Å². The Morgan fingerprint density at radius 2 is 2.50 bits per heavy atom. The molecule has 0 aromatic carbocycles. The predicted octanol–water partition coefficient (Wildman–Crippen LogP) is 2.38. The van der Waals surface area contributed by atoms with Gasteiger partial charge in [0.25, 0.3) is 0 Å². The average molecular weight is 296 g/mol. The first-order chi connectivity index (χ1) is 9.69. The van der Waals surface area contributed by atoms with Crippen molar-refractivity contribution < 1.29 is 9.53 Å². The maximum atomic E-state index is 12.4. The molecule has 5 heteroatoms. The van der Waals surface area contributed by atoms with E-state index in [-0.39, 0.29) is 18.1 Å². The fourth-order valence-corrected chi connectivity index (χ4v) is 3.10. The van der Waals surface area contributed by atoms with E-state index in [1.165, 1.54) is 4.88 Å². The second kappa shape index (κ2) is 7.76. The van der Waals surface area contributed by atoms with Crippen LogP contribution in [0.5, 0.6) is 0 Å². The van der Waals surface area contributed by atoms with Gasteiger partial charge in [-0.15, -0.1) is 11.3 Å². The summed E-state index contributed by atoms with van der Waals surface area (Å²) in [6.45, 7) is 4.20. The molecule has 0 spiro atoms. The van der Waals surface area contributed by atoms with Gasteiger partial charge in [0, 0.05) is 30.5 Å². The summed E-state index contributed by atoms with van der Waals surface area (Å²) in [6, 6.07) is 4.05. The van der Waals surface area contributed by atoms with Gasteiger partial charge in [-0.3, -0.25) is 4.79 Å². The monoisotopic (exact) mass is 296 g/mol. The number of thiophene rings is 1. The second-order valence-corrected chi connectivity index (χ2v) is 6.39. The normalized spacial score (nSPS) is 20.0. The van der Waals surface area contributed by atoms with E-state index in [1.54, 1.807) is 11.3 Å². The Morgan fingerprint density at radius 3 is 3.10 bits per heavy atom. The van der Waals surface area contributed by atoms with Gasteiger partial charge in [-0.1, -0.05) is 13.0 Å². The molecule has 1 aliphatic heterocycles. The molecular formula is C15H24N2O2S. The highest BCUT2D eigenvalue weighted by Gasteiger charge is 2.23. The van der Waals surface area contributed by atoms with Crippen molar-refractivity contribution in [2.75, 3.05) is 13.2 Å². The van der Waals surface area contributed by atoms with Gasteiger partial charge < -0.3 is 15.4 Å². The van der Waals surface area contributed by atoms with Crippen LogP contribution < -0.4 is 5.73 Å². The van der Waals surface area contributed by atoms with Gasteiger partial charge in [0.2, 0.25) is 5.91 Å². The lowest BCUT2D eigenvalue weighted by atomic mass is 10.1. The molecule has 0 bridgehead atoms. The number of hydrogen-bond donors (Lipinski definition) is 1. The standard InChI is InChI=1S/C15H24N2O2S/c1-2-12(16)9-15(18)17(10-13-5-3-7-19-13)11-14-6-4-8-20-14/h4,6,8,12-13H,2-3,5,7,9-11,16H2,1H3. The number of carbonyl (C=O) groups is 1. The maximum Gasteiger partial charge on any atom is 0.224 e. The van der Waals surface area contributed by atoms with E-state index in [2.05, 4.69) is 6.07 Å². The third kappa shape index (κ3) is 4.58. The number of rotatable bonds is 7. The van der Waals surface area contributed by atoms with Crippen molar-refractivity contribution in [1.82, 2.24) is 4.90 Å². The van der Waals surface area contributed by atoms with E-state index in [0.717, 1.165) is 25.9 Å². The summed E-state index contributed by atoms with van der Waals surface area (Å²) in [5.41, 5.74) is 5.92. The van der Waals surface area contributed by atoms with Crippen molar-refractivity contribution in [1.29, 1.82) is 0 Å². The van der Waals surface area contributed by atoms with Crippen LogP contribution in [-0.4, -0.2) is 36.1 Å². The third-order valence-corrected chi connectivity index (χ3v) is 4.55. The van der Waals surface area contributed by atoms with Crippen molar-refractivity contribution >= 4 is 17.2 Å². The molecule has 20 heavy (non-hydrogen) atoms. The molecule has 2 N–H and O–H groups in total. The molecule has 1 fully saturated rings. The zero-order valence-electron chi connectivity index (χ0n) is 12.1. The van der Waals surface area contributed by atoms with Gasteiger partial charge in [-0.2, -0.15) is 0 Å². The number of hydrogen-bond acceptors (Lipinski definition) is 4. The van der Waals surface area contributed by atoms with Crippen LogP contribution >= 0.6 is 11.3 Å². The van der Waals surface area contributed by atoms with Crippen molar-refractivity contribution in [3.05, 3.63) is 22.4 Å². The third-order valence-electron chi connectivity index (χ3n) is 3.69. The fraction of sp³-hybridized carbons (Fsp3) is 0.667. The minimum absolute atomic E-state index is 0.0437. The zero-order chi connectivity index (χ0) is 14.4. The van der Waals surface area contributed by atoms with Crippen molar-refractivity contribution in [2.45, 2.75) is 51.3 Å². The van der Waals surface area contributed by atoms with Crippen LogP contribution in [0.1, 0.15) is 37.5 Å². The molecule has 0 radical (unpaired) electrons. The van der Waals surface area contributed by atoms with Gasteiger partial charge in [-0.05, 0) is 30.7 Å². The molecule has 2 unspecified atom stereocenters. The van der Waals surface area contributed by atoms with Crippen LogP contribution in [0.15, 0.2) is 17.5 Å². The largest absolute Gasteiger partial charge is 0.376 e. The van der Waals surface area contributed by atoms with E-state index < -0.39 is 0 Å². The van der Waals surface area contributed by atoms with E-state index in [0.29, 0.717) is 19.5 Å². The topological polar surface area (TPSA) is 55.6 Å². The number of amides is 1. The Hall–Kier alpha value is -0.910. The van der Waals surface area contributed by atoms with Crippen LogP contribution in [-0.2, 0) is 16.1 Å². The number of ether oxygens (including phenoxy) is 1. The summed E-state index contributed by atoms with van der Waals surface area (Å²) in [6.07, 6.45) is 3.60. The molecule has 2 atom stereocenters. The Balaban J connectivity index is 1.96. The van der Waals surface area contributed by atoms with Gasteiger partial charge in [0.15, 0.2) is 0 Å². The summed E-state index contributed by atoms with van der Waals surface area (Å²) < 4.78 is 5.66. The average Bonchev–Trinajstić information content (AvgIpc) is 3.11. The molecule has 1 aliphatic rings. The summed E-state index contributed by atoms with van der Waals surface area (Å²) in [5.74, 6) is 0.142. The summed E-state index contributed by atoms with van der Waals surface area (Å²) >= 11 is 1.69. The molecule has 1 aromatic heterocycles. The van der Waals surface area contributed by atoms with Crippen molar-refractivity contribution in [3.63, 3.8) is 0 Å². The summed E-state index contributed by atoms with van der Waals surface area (Å²) in [7, 11) is 0. The van der Waals surface area contributed by atoms with E-state index >= 15 is 0 Å². The minimum atomic E-state index is -0.0437. The number of carbonyl (C=O) groups excluding carboxylic acids is 1. The van der Waals surface area contributed by atoms with Crippen LogP contribution in [0.25, 0.3) is 0 Å². The van der Waals surface area contributed by atoms with E-state index in [9.17, 15) is 4.79 Å². The molecule has 1 amide bonds. The molecule has 4 nitrogen and oxygen atoms in total. The molecular weight excluding hydrogens is 272 g/mol. The van der Waals surface area contributed by atoms with Gasteiger partial charge >= 0.3 is 0 Å². The van der Waals surface area contributed by atoms with E-state index in [4.69, 9.17) is 10.5 Å². The highest BCUT2D eigenvalue weighted by atomic mass is 32.1. The van der Waals surface area contributed by atoms with Crippen LogP contribution in [0, 0.1) is 0 Å². The Labute approximate surface area is 124 Å². The fourth-order valence-electron chi connectivity index (χ4n) is 2.38. The number of nitrogens with two attached hydrogens (primary N) is 1. The lowest BCUT2D eigenvalue weighted by Crippen LogP contribution is -2.39. The van der Waals surface area contributed by atoms with Gasteiger partial charge in [-0.25, -0.2) is 0 Å². The van der Waals surface area contributed by atoms with Crippen LogP contribution in [0.3, 0.4) is 0 Å². The minimum Gasteiger partial charge on any atom is -0.376 e. The molecule has 1 aromatic rings. The molecule has 1 saturated heterocycles. The molecule has 2 rings (SSSR count). The molecule has 0 aliphatic carbocycles. The first kappa shape index (κ1) is 15.5. The van der Waals surface area contributed by atoms with Gasteiger partial charge in [0.05, 0.1) is 12.6 Å². The predicted molar refractivity (Wildman–Crippen MR) is 81.6 cm³/mol. The highest BCUT2D eigenvalue weighted by Crippen LogP contribution is 2.18. The number of nitrogens with zero attached hydrogens (tertiary/aromatic N) is 1. The lowest BCUT2D eigenvalue weighted by molar-refractivity contribution is -0.133. The maximum absolute atomic E-state index is 12.4. The SMILES string of the molecule is CCC(N)CC(=O)N(Cc1cccs1)CC1CCCO1. The molecule has 2 heterocycles. The quantitative estimate of drug-likeness (QED) is 0.840. The Bertz CT molecular complexity index is 402. The van der Waals surface area contributed by atoms with Crippen LogP contribution in [0.4, 0.5) is 0 Å². The molecule has 112 valence electrons. The second-order valence-electron chi connectivity index (χ2n) is 5.36. The molecule has 0 saturated carbocycles. The Morgan fingerprint density at radius 1 is 1.65 bits per heavy atom. The highest BCUT2D eigenvalue weighted by molar-refractivity contribution is 7.09. The lowest BCUT2D eigenvalue weighted by Gasteiger charge is -2.26. The first-order valence-electron chi connectivity index (χ1n) is 7.36. The zero-order valence-corrected chi connectivity index (χ0v) is 12.9. The van der Waals surface area contributed by atoms with Crippen LogP contribution in [0.2, 0.25) is 0 Å².